The Kier molecular flexibility index (Phi) is 4.52. The van der Waals surface area contributed by atoms with E-state index in [-0.39, 0.29) is 10.9 Å². The number of aryl methyl sites for hydroxylation is 1. The molecule has 0 atom stereocenters. The third-order valence-electron chi connectivity index (χ3n) is 1.89. The van der Waals surface area contributed by atoms with Crippen LogP contribution in [0.25, 0.3) is 0 Å². The van der Waals surface area contributed by atoms with E-state index in [2.05, 4.69) is 10.9 Å². The summed E-state index contributed by atoms with van der Waals surface area (Å²) < 4.78 is 12.8. The lowest BCUT2D eigenvalue weighted by Crippen LogP contribution is -2.34. The van der Waals surface area contributed by atoms with E-state index in [1.807, 2.05) is 0 Å². The Bertz CT molecular complexity index is 357. The topological polar surface area (TPSA) is 41.1 Å². The van der Waals surface area contributed by atoms with Crippen LogP contribution in [0, 0.1) is 5.82 Å². The molecular weight excluding hydrogens is 219 g/mol. The highest BCUT2D eigenvalue weighted by Gasteiger charge is 2.03. The molecule has 0 saturated heterocycles. The van der Waals surface area contributed by atoms with E-state index in [0.29, 0.717) is 12.8 Å². The van der Waals surface area contributed by atoms with Gasteiger partial charge in [-0.25, -0.2) is 9.82 Å². The van der Waals surface area contributed by atoms with Crippen LogP contribution in [0.15, 0.2) is 18.2 Å². The maximum absolute atomic E-state index is 12.8. The zero-order chi connectivity index (χ0) is 11.3. The van der Waals surface area contributed by atoms with Gasteiger partial charge in [0, 0.05) is 13.5 Å². The van der Waals surface area contributed by atoms with Crippen molar-refractivity contribution in [1.29, 1.82) is 0 Å². The van der Waals surface area contributed by atoms with Gasteiger partial charge < -0.3 is 0 Å². The molecule has 1 amide bonds. The molecular formula is C10H12ClFN2O. The highest BCUT2D eigenvalue weighted by Crippen LogP contribution is 2.16. The van der Waals surface area contributed by atoms with Gasteiger partial charge >= 0.3 is 0 Å². The molecule has 3 nitrogen and oxygen atoms in total. The van der Waals surface area contributed by atoms with Crippen molar-refractivity contribution < 1.29 is 9.18 Å². The molecule has 0 saturated carbocycles. The van der Waals surface area contributed by atoms with Crippen molar-refractivity contribution in [2.45, 2.75) is 12.8 Å². The molecule has 0 aliphatic carbocycles. The Hall–Kier alpha value is -1.13. The van der Waals surface area contributed by atoms with Gasteiger partial charge in [0.2, 0.25) is 5.91 Å². The molecule has 0 aromatic heterocycles. The third kappa shape index (κ3) is 3.85. The number of halogens is 2. The van der Waals surface area contributed by atoms with E-state index in [9.17, 15) is 9.18 Å². The summed E-state index contributed by atoms with van der Waals surface area (Å²) in [5.74, 6) is -0.557. The summed E-state index contributed by atoms with van der Waals surface area (Å²) in [6.45, 7) is 0. The van der Waals surface area contributed by atoms with Crippen LogP contribution in [0.3, 0.4) is 0 Å². The SMILES string of the molecule is CNNC(=O)CCc1ccc(F)c(Cl)c1. The number of rotatable bonds is 4. The second kappa shape index (κ2) is 5.68. The van der Waals surface area contributed by atoms with Crippen LogP contribution in [0.5, 0.6) is 0 Å². The van der Waals surface area contributed by atoms with E-state index in [4.69, 9.17) is 11.6 Å². The molecule has 0 unspecified atom stereocenters. The van der Waals surface area contributed by atoms with Crippen LogP contribution in [0.1, 0.15) is 12.0 Å². The average molecular weight is 231 g/mol. The molecule has 82 valence electrons. The minimum Gasteiger partial charge on any atom is -0.292 e. The number of carbonyl (C=O) groups excluding carboxylic acids is 1. The molecule has 0 radical (unpaired) electrons. The van der Waals surface area contributed by atoms with Crippen molar-refractivity contribution in [3.8, 4) is 0 Å². The Labute approximate surface area is 92.6 Å². The number of nitrogens with one attached hydrogen (secondary N) is 2. The second-order valence-electron chi connectivity index (χ2n) is 3.05. The van der Waals surface area contributed by atoms with Gasteiger partial charge in [-0.15, -0.1) is 0 Å². The number of hydrazine groups is 1. The first-order valence-electron chi connectivity index (χ1n) is 4.53. The standard InChI is InChI=1S/C10H12ClFN2O/c1-13-14-10(15)5-3-7-2-4-9(12)8(11)6-7/h2,4,6,13H,3,5H2,1H3,(H,14,15). The van der Waals surface area contributed by atoms with Gasteiger partial charge in [0.25, 0.3) is 0 Å². The van der Waals surface area contributed by atoms with Gasteiger partial charge in [0.15, 0.2) is 0 Å². The normalized spacial score (nSPS) is 10.1. The van der Waals surface area contributed by atoms with Gasteiger partial charge in [-0.1, -0.05) is 17.7 Å². The van der Waals surface area contributed by atoms with Crippen molar-refractivity contribution in [1.82, 2.24) is 10.9 Å². The summed E-state index contributed by atoms with van der Waals surface area (Å²) in [5.41, 5.74) is 5.82. The smallest absolute Gasteiger partial charge is 0.234 e. The van der Waals surface area contributed by atoms with Gasteiger partial charge in [-0.3, -0.25) is 10.2 Å². The van der Waals surface area contributed by atoms with Crippen molar-refractivity contribution in [3.05, 3.63) is 34.6 Å². The highest BCUT2D eigenvalue weighted by molar-refractivity contribution is 6.30. The molecule has 0 aliphatic rings. The van der Waals surface area contributed by atoms with E-state index in [1.54, 1.807) is 13.1 Å². The fourth-order valence-corrected chi connectivity index (χ4v) is 1.36. The summed E-state index contributed by atoms with van der Waals surface area (Å²) >= 11 is 5.60. The summed E-state index contributed by atoms with van der Waals surface area (Å²) in [6.07, 6.45) is 0.871. The fourth-order valence-electron chi connectivity index (χ4n) is 1.15. The first kappa shape index (κ1) is 11.9. The molecule has 1 rings (SSSR count). The molecule has 0 spiro atoms. The number of hydrogen-bond acceptors (Lipinski definition) is 2. The lowest BCUT2D eigenvalue weighted by molar-refractivity contribution is -0.121. The maximum Gasteiger partial charge on any atom is 0.234 e. The molecule has 2 N–H and O–H groups in total. The van der Waals surface area contributed by atoms with Crippen molar-refractivity contribution in [2.24, 2.45) is 0 Å². The zero-order valence-electron chi connectivity index (χ0n) is 8.31. The first-order valence-corrected chi connectivity index (χ1v) is 4.91. The molecule has 0 aliphatic heterocycles. The fraction of sp³-hybridized carbons (Fsp3) is 0.300. The molecule has 5 heteroatoms. The van der Waals surface area contributed by atoms with Crippen LogP contribution >= 0.6 is 11.6 Å². The Balaban J connectivity index is 2.51. The molecule has 1 aromatic carbocycles. The van der Waals surface area contributed by atoms with Crippen LogP contribution < -0.4 is 10.9 Å². The lowest BCUT2D eigenvalue weighted by Gasteiger charge is -2.03. The summed E-state index contributed by atoms with van der Waals surface area (Å²) in [7, 11) is 1.62. The number of benzene rings is 1. The van der Waals surface area contributed by atoms with Crippen LogP contribution in [-0.2, 0) is 11.2 Å². The Morgan fingerprint density at radius 1 is 1.53 bits per heavy atom. The minimum atomic E-state index is -0.444. The average Bonchev–Trinajstić information content (AvgIpc) is 2.20. The molecule has 0 fully saturated rings. The van der Waals surface area contributed by atoms with Crippen LogP contribution in [0.2, 0.25) is 5.02 Å². The van der Waals surface area contributed by atoms with Crippen molar-refractivity contribution in [3.63, 3.8) is 0 Å². The largest absolute Gasteiger partial charge is 0.292 e. The summed E-state index contributed by atoms with van der Waals surface area (Å²) in [5, 5.41) is 0.0847. The lowest BCUT2D eigenvalue weighted by atomic mass is 10.1. The molecule has 15 heavy (non-hydrogen) atoms. The summed E-state index contributed by atoms with van der Waals surface area (Å²) in [6, 6.07) is 4.45. The first-order chi connectivity index (χ1) is 7.13. The predicted molar refractivity (Wildman–Crippen MR) is 56.9 cm³/mol. The van der Waals surface area contributed by atoms with Crippen molar-refractivity contribution in [2.75, 3.05) is 7.05 Å². The van der Waals surface area contributed by atoms with Crippen LogP contribution in [-0.4, -0.2) is 13.0 Å². The third-order valence-corrected chi connectivity index (χ3v) is 2.18. The van der Waals surface area contributed by atoms with Crippen LogP contribution in [0.4, 0.5) is 4.39 Å². The Morgan fingerprint density at radius 2 is 2.27 bits per heavy atom. The zero-order valence-corrected chi connectivity index (χ0v) is 9.07. The second-order valence-corrected chi connectivity index (χ2v) is 3.45. The molecule has 0 bridgehead atoms. The number of carbonyl (C=O) groups is 1. The number of hydrogen-bond donors (Lipinski definition) is 2. The highest BCUT2D eigenvalue weighted by atomic mass is 35.5. The van der Waals surface area contributed by atoms with Gasteiger partial charge in [0.1, 0.15) is 5.82 Å². The van der Waals surface area contributed by atoms with Crippen molar-refractivity contribution >= 4 is 17.5 Å². The summed E-state index contributed by atoms with van der Waals surface area (Å²) in [4.78, 5) is 11.1. The van der Waals surface area contributed by atoms with Gasteiger partial charge in [-0.05, 0) is 24.1 Å². The van der Waals surface area contributed by atoms with E-state index < -0.39 is 5.82 Å². The van der Waals surface area contributed by atoms with Gasteiger partial charge in [0.05, 0.1) is 5.02 Å². The molecule has 1 aromatic rings. The quantitative estimate of drug-likeness (QED) is 0.773. The molecule has 0 heterocycles. The van der Waals surface area contributed by atoms with E-state index >= 15 is 0 Å². The number of amides is 1. The Morgan fingerprint density at radius 3 is 2.87 bits per heavy atom. The van der Waals surface area contributed by atoms with Gasteiger partial charge in [-0.2, -0.15) is 0 Å². The monoisotopic (exact) mass is 230 g/mol. The van der Waals surface area contributed by atoms with E-state index in [1.165, 1.54) is 12.1 Å². The minimum absolute atomic E-state index is 0.0847. The van der Waals surface area contributed by atoms with E-state index in [0.717, 1.165) is 5.56 Å². The predicted octanol–water partition coefficient (Wildman–Crippen LogP) is 1.66. The maximum atomic E-state index is 12.8.